The number of rotatable bonds is 6. The van der Waals surface area contributed by atoms with E-state index in [1.165, 1.54) is 0 Å². The SMILES string of the molecule is COc1cc(C)cc(OC)c1OCC(=O)Nc1cccc(Br)c1. The smallest absolute Gasteiger partial charge is 0.262 e. The third-order valence-electron chi connectivity index (χ3n) is 3.06. The molecule has 2 aromatic carbocycles. The molecule has 0 aromatic heterocycles. The van der Waals surface area contributed by atoms with E-state index in [9.17, 15) is 4.79 Å². The van der Waals surface area contributed by atoms with Crippen LogP contribution in [0.15, 0.2) is 40.9 Å². The number of methoxy groups -OCH3 is 2. The van der Waals surface area contributed by atoms with E-state index in [0.717, 1.165) is 10.0 Å². The second kappa shape index (κ2) is 7.87. The van der Waals surface area contributed by atoms with Gasteiger partial charge in [-0.25, -0.2) is 0 Å². The number of aryl methyl sites for hydroxylation is 1. The van der Waals surface area contributed by atoms with Crippen molar-refractivity contribution in [3.63, 3.8) is 0 Å². The van der Waals surface area contributed by atoms with Crippen LogP contribution in [0.2, 0.25) is 0 Å². The van der Waals surface area contributed by atoms with Gasteiger partial charge in [-0.05, 0) is 42.8 Å². The second-order valence-electron chi connectivity index (χ2n) is 4.85. The molecule has 1 amide bonds. The monoisotopic (exact) mass is 379 g/mol. The van der Waals surface area contributed by atoms with Gasteiger partial charge in [0.15, 0.2) is 18.1 Å². The van der Waals surface area contributed by atoms with Crippen LogP contribution in [-0.2, 0) is 4.79 Å². The van der Waals surface area contributed by atoms with Crippen LogP contribution in [0, 0.1) is 6.92 Å². The molecule has 6 heteroatoms. The van der Waals surface area contributed by atoms with Crippen LogP contribution in [0.3, 0.4) is 0 Å². The van der Waals surface area contributed by atoms with Crippen LogP contribution in [0.5, 0.6) is 17.2 Å². The van der Waals surface area contributed by atoms with Gasteiger partial charge in [-0.1, -0.05) is 22.0 Å². The Hall–Kier alpha value is -2.21. The summed E-state index contributed by atoms with van der Waals surface area (Å²) in [7, 11) is 3.09. The average molecular weight is 380 g/mol. The van der Waals surface area contributed by atoms with E-state index < -0.39 is 0 Å². The molecule has 0 aliphatic carbocycles. The fourth-order valence-electron chi connectivity index (χ4n) is 2.05. The molecule has 0 aliphatic rings. The van der Waals surface area contributed by atoms with Crippen molar-refractivity contribution in [3.05, 3.63) is 46.4 Å². The Morgan fingerprint density at radius 3 is 2.35 bits per heavy atom. The summed E-state index contributed by atoms with van der Waals surface area (Å²) in [5.74, 6) is 1.19. The first-order chi connectivity index (χ1) is 11.0. The lowest BCUT2D eigenvalue weighted by molar-refractivity contribution is -0.118. The molecule has 0 fully saturated rings. The maximum absolute atomic E-state index is 12.0. The van der Waals surface area contributed by atoms with E-state index in [4.69, 9.17) is 14.2 Å². The Bertz CT molecular complexity index is 678. The van der Waals surface area contributed by atoms with Gasteiger partial charge in [-0.15, -0.1) is 0 Å². The number of ether oxygens (including phenoxy) is 3. The minimum atomic E-state index is -0.271. The summed E-state index contributed by atoms with van der Waals surface area (Å²) in [6, 6.07) is 11.0. The van der Waals surface area contributed by atoms with Gasteiger partial charge in [0.05, 0.1) is 14.2 Å². The van der Waals surface area contributed by atoms with Gasteiger partial charge >= 0.3 is 0 Å². The second-order valence-corrected chi connectivity index (χ2v) is 5.76. The molecule has 0 saturated heterocycles. The van der Waals surface area contributed by atoms with Crippen molar-refractivity contribution in [1.82, 2.24) is 0 Å². The molecule has 0 heterocycles. The summed E-state index contributed by atoms with van der Waals surface area (Å²) in [4.78, 5) is 12.0. The number of anilines is 1. The van der Waals surface area contributed by atoms with Crippen molar-refractivity contribution < 1.29 is 19.0 Å². The van der Waals surface area contributed by atoms with E-state index in [1.54, 1.807) is 20.3 Å². The summed E-state index contributed by atoms with van der Waals surface area (Å²) in [5, 5.41) is 2.76. The Balaban J connectivity index is 2.07. The predicted octanol–water partition coefficient (Wildman–Crippen LogP) is 3.79. The van der Waals surface area contributed by atoms with Crippen molar-refractivity contribution in [2.75, 3.05) is 26.1 Å². The van der Waals surface area contributed by atoms with Crippen molar-refractivity contribution in [2.45, 2.75) is 6.92 Å². The number of nitrogens with one attached hydrogen (secondary N) is 1. The van der Waals surface area contributed by atoms with Crippen molar-refractivity contribution in [2.24, 2.45) is 0 Å². The van der Waals surface area contributed by atoms with Crippen LogP contribution >= 0.6 is 15.9 Å². The van der Waals surface area contributed by atoms with Gasteiger partial charge in [0, 0.05) is 10.2 Å². The number of carbonyl (C=O) groups excluding carboxylic acids is 1. The van der Waals surface area contributed by atoms with Gasteiger partial charge < -0.3 is 19.5 Å². The Kier molecular flexibility index (Phi) is 5.87. The maximum atomic E-state index is 12.0. The fourth-order valence-corrected chi connectivity index (χ4v) is 2.45. The van der Waals surface area contributed by atoms with Crippen molar-refractivity contribution in [1.29, 1.82) is 0 Å². The lowest BCUT2D eigenvalue weighted by atomic mass is 10.2. The standard InChI is InChI=1S/C17H18BrNO4/c1-11-7-14(21-2)17(15(8-11)22-3)23-10-16(20)19-13-6-4-5-12(18)9-13/h4-9H,10H2,1-3H3,(H,19,20). The summed E-state index contributed by atoms with van der Waals surface area (Å²) in [6.07, 6.45) is 0. The molecule has 0 spiro atoms. The molecule has 5 nitrogen and oxygen atoms in total. The van der Waals surface area contributed by atoms with Gasteiger partial charge in [0.1, 0.15) is 0 Å². The molecule has 2 aromatic rings. The van der Waals surface area contributed by atoms with Gasteiger partial charge in [-0.2, -0.15) is 0 Å². The Morgan fingerprint density at radius 1 is 1.13 bits per heavy atom. The van der Waals surface area contributed by atoms with Crippen LogP contribution in [0.1, 0.15) is 5.56 Å². The van der Waals surface area contributed by atoms with Crippen LogP contribution in [0.4, 0.5) is 5.69 Å². The summed E-state index contributed by atoms with van der Waals surface area (Å²) in [6.45, 7) is 1.77. The van der Waals surface area contributed by atoms with Crippen molar-refractivity contribution >= 4 is 27.5 Å². The zero-order valence-electron chi connectivity index (χ0n) is 13.2. The molecule has 122 valence electrons. The number of hydrogen-bond acceptors (Lipinski definition) is 4. The van der Waals surface area contributed by atoms with E-state index in [0.29, 0.717) is 22.9 Å². The number of hydrogen-bond donors (Lipinski definition) is 1. The van der Waals surface area contributed by atoms with E-state index in [2.05, 4.69) is 21.2 Å². The lowest BCUT2D eigenvalue weighted by Gasteiger charge is -2.15. The fraction of sp³-hybridized carbons (Fsp3) is 0.235. The maximum Gasteiger partial charge on any atom is 0.262 e. The van der Waals surface area contributed by atoms with Crippen molar-refractivity contribution in [3.8, 4) is 17.2 Å². The predicted molar refractivity (Wildman–Crippen MR) is 92.5 cm³/mol. The normalized spacial score (nSPS) is 10.1. The highest BCUT2D eigenvalue weighted by Gasteiger charge is 2.14. The zero-order chi connectivity index (χ0) is 16.8. The lowest BCUT2D eigenvalue weighted by Crippen LogP contribution is -2.20. The summed E-state index contributed by atoms with van der Waals surface area (Å²) >= 11 is 3.36. The van der Waals surface area contributed by atoms with Crippen LogP contribution < -0.4 is 19.5 Å². The van der Waals surface area contributed by atoms with E-state index in [1.807, 2.05) is 37.3 Å². The summed E-state index contributed by atoms with van der Waals surface area (Å²) in [5.41, 5.74) is 1.67. The molecule has 0 aliphatic heterocycles. The minimum absolute atomic E-state index is 0.151. The average Bonchev–Trinajstić information content (AvgIpc) is 2.52. The molecule has 0 unspecified atom stereocenters. The van der Waals surface area contributed by atoms with Gasteiger partial charge in [0.2, 0.25) is 5.75 Å². The van der Waals surface area contributed by atoms with E-state index >= 15 is 0 Å². The molecule has 0 saturated carbocycles. The molecular weight excluding hydrogens is 362 g/mol. The number of halogens is 1. The molecular formula is C17H18BrNO4. The first-order valence-electron chi connectivity index (χ1n) is 6.94. The number of carbonyl (C=O) groups is 1. The third-order valence-corrected chi connectivity index (χ3v) is 3.55. The number of amides is 1. The molecule has 0 atom stereocenters. The van der Waals surface area contributed by atoms with Crippen LogP contribution in [-0.4, -0.2) is 26.7 Å². The highest BCUT2D eigenvalue weighted by atomic mass is 79.9. The highest BCUT2D eigenvalue weighted by Crippen LogP contribution is 2.38. The largest absolute Gasteiger partial charge is 0.493 e. The van der Waals surface area contributed by atoms with Gasteiger partial charge in [-0.3, -0.25) is 4.79 Å². The topological polar surface area (TPSA) is 56.8 Å². The van der Waals surface area contributed by atoms with Crippen LogP contribution in [0.25, 0.3) is 0 Å². The Labute approximate surface area is 143 Å². The van der Waals surface area contributed by atoms with Gasteiger partial charge in [0.25, 0.3) is 5.91 Å². The Morgan fingerprint density at radius 2 is 1.78 bits per heavy atom. The quantitative estimate of drug-likeness (QED) is 0.829. The molecule has 0 bridgehead atoms. The number of benzene rings is 2. The van der Waals surface area contributed by atoms with E-state index in [-0.39, 0.29) is 12.5 Å². The summed E-state index contributed by atoms with van der Waals surface area (Å²) < 4.78 is 17.1. The minimum Gasteiger partial charge on any atom is -0.493 e. The highest BCUT2D eigenvalue weighted by molar-refractivity contribution is 9.10. The molecule has 23 heavy (non-hydrogen) atoms. The zero-order valence-corrected chi connectivity index (χ0v) is 14.8. The molecule has 0 radical (unpaired) electrons. The molecule has 1 N–H and O–H groups in total. The molecule has 2 rings (SSSR count). The third kappa shape index (κ3) is 4.63. The first kappa shape index (κ1) is 17.1. The first-order valence-corrected chi connectivity index (χ1v) is 7.73.